The summed E-state index contributed by atoms with van der Waals surface area (Å²) in [6.45, 7) is 0.806. The Balaban J connectivity index is 1.46. The summed E-state index contributed by atoms with van der Waals surface area (Å²) in [6, 6.07) is 25.1. The number of aromatic nitrogens is 4. The lowest BCUT2D eigenvalue weighted by atomic mass is 10.2. The van der Waals surface area contributed by atoms with Gasteiger partial charge in [-0.2, -0.15) is 5.10 Å². The molecular weight excluding hydrogens is 402 g/mol. The molecule has 0 atom stereocenters. The van der Waals surface area contributed by atoms with Crippen LogP contribution in [0.25, 0.3) is 21.9 Å². The van der Waals surface area contributed by atoms with Crippen LogP contribution in [-0.2, 0) is 20.1 Å². The lowest BCUT2D eigenvalue weighted by Gasteiger charge is -2.11. The second-order valence-electron chi connectivity index (χ2n) is 7.59. The van der Waals surface area contributed by atoms with E-state index in [1.54, 1.807) is 29.9 Å². The summed E-state index contributed by atoms with van der Waals surface area (Å²) in [4.78, 5) is 30.4. The highest BCUT2D eigenvalue weighted by Gasteiger charge is 2.18. The van der Waals surface area contributed by atoms with Crippen molar-refractivity contribution < 1.29 is 4.79 Å². The second-order valence-corrected chi connectivity index (χ2v) is 7.59. The van der Waals surface area contributed by atoms with Crippen LogP contribution in [0.2, 0.25) is 0 Å². The number of nitrogens with one attached hydrogen (secondary N) is 1. The van der Waals surface area contributed by atoms with E-state index in [0.717, 1.165) is 16.6 Å². The number of imidazole rings is 1. The third-order valence-electron chi connectivity index (χ3n) is 5.50. The largest absolute Gasteiger partial charge is 0.343 e. The maximum Gasteiger partial charge on any atom is 0.276 e. The molecule has 0 aliphatic carbocycles. The molecule has 0 radical (unpaired) electrons. The van der Waals surface area contributed by atoms with Crippen LogP contribution < -0.4 is 10.7 Å². The van der Waals surface area contributed by atoms with Crippen molar-refractivity contribution in [1.82, 2.24) is 24.6 Å². The molecule has 7 nitrogen and oxygen atoms in total. The Bertz CT molecular complexity index is 1500. The molecule has 5 aromatic rings. The van der Waals surface area contributed by atoms with Gasteiger partial charge in [-0.1, -0.05) is 54.6 Å². The average Bonchev–Trinajstić information content (AvgIpc) is 3.18. The second kappa shape index (κ2) is 8.11. The van der Waals surface area contributed by atoms with Crippen molar-refractivity contribution in [3.8, 4) is 0 Å². The zero-order valence-electron chi connectivity index (χ0n) is 17.5. The number of benzene rings is 3. The van der Waals surface area contributed by atoms with Gasteiger partial charge >= 0.3 is 0 Å². The molecule has 7 heteroatoms. The van der Waals surface area contributed by atoms with Crippen LogP contribution in [0.3, 0.4) is 0 Å². The van der Waals surface area contributed by atoms with E-state index < -0.39 is 5.91 Å². The van der Waals surface area contributed by atoms with Crippen molar-refractivity contribution >= 4 is 27.8 Å². The zero-order chi connectivity index (χ0) is 22.1. The smallest absolute Gasteiger partial charge is 0.276 e. The Morgan fingerprint density at radius 2 is 1.59 bits per heavy atom. The summed E-state index contributed by atoms with van der Waals surface area (Å²) >= 11 is 0. The summed E-state index contributed by atoms with van der Waals surface area (Å²) in [5, 5.41) is 7.51. The normalized spacial score (nSPS) is 11.2. The first-order chi connectivity index (χ1) is 15.6. The molecule has 0 saturated heterocycles. The Morgan fingerprint density at radius 3 is 2.41 bits per heavy atom. The third-order valence-corrected chi connectivity index (χ3v) is 5.50. The maximum absolute atomic E-state index is 12.9. The number of carbonyl (C=O) groups excluding carboxylic acids is 1. The monoisotopic (exact) mass is 423 g/mol. The van der Waals surface area contributed by atoms with E-state index in [2.05, 4.69) is 27.1 Å². The summed E-state index contributed by atoms with van der Waals surface area (Å²) in [5.74, 6) is 0.190. The van der Waals surface area contributed by atoms with E-state index in [0.29, 0.717) is 23.3 Å². The summed E-state index contributed by atoms with van der Waals surface area (Å²) in [7, 11) is 1.72. The maximum atomic E-state index is 12.9. The molecule has 0 aliphatic rings. The number of aryl methyl sites for hydroxylation is 1. The fraction of sp³-hybridized carbons (Fsp3) is 0.120. The predicted molar refractivity (Wildman–Crippen MR) is 123 cm³/mol. The number of hydrogen-bond donors (Lipinski definition) is 1. The zero-order valence-corrected chi connectivity index (χ0v) is 17.5. The number of para-hydroxylation sites is 3. The highest BCUT2D eigenvalue weighted by atomic mass is 16.2. The number of rotatable bonds is 5. The van der Waals surface area contributed by atoms with Gasteiger partial charge in [0.05, 0.1) is 23.1 Å². The van der Waals surface area contributed by atoms with Crippen molar-refractivity contribution in [2.75, 3.05) is 0 Å². The molecule has 32 heavy (non-hydrogen) atoms. The van der Waals surface area contributed by atoms with Gasteiger partial charge in [0.25, 0.3) is 5.91 Å². The number of nitrogens with zero attached hydrogens (tertiary/aromatic N) is 4. The van der Waals surface area contributed by atoms with Crippen LogP contribution in [0.5, 0.6) is 0 Å². The van der Waals surface area contributed by atoms with Crippen molar-refractivity contribution in [2.24, 2.45) is 7.05 Å². The fourth-order valence-corrected chi connectivity index (χ4v) is 3.92. The molecule has 158 valence electrons. The van der Waals surface area contributed by atoms with Crippen LogP contribution >= 0.6 is 0 Å². The number of amides is 1. The number of fused-ring (bicyclic) bond motifs is 2. The van der Waals surface area contributed by atoms with Gasteiger partial charge in [-0.15, -0.1) is 0 Å². The molecule has 0 spiro atoms. The van der Waals surface area contributed by atoms with Gasteiger partial charge in [0.2, 0.25) is 5.43 Å². The van der Waals surface area contributed by atoms with Gasteiger partial charge in [0.15, 0.2) is 5.69 Å². The molecule has 1 N–H and O–H groups in total. The SMILES string of the molecule is Cn1nc(C(=O)NCc2nc3ccccc3n2Cc2ccccc2)c(=O)c2ccccc21. The van der Waals surface area contributed by atoms with Gasteiger partial charge in [0.1, 0.15) is 5.82 Å². The fourth-order valence-electron chi connectivity index (χ4n) is 3.92. The molecule has 0 fully saturated rings. The van der Waals surface area contributed by atoms with E-state index in [1.807, 2.05) is 48.5 Å². The van der Waals surface area contributed by atoms with Gasteiger partial charge in [-0.05, 0) is 29.8 Å². The molecule has 1 amide bonds. The first-order valence-corrected chi connectivity index (χ1v) is 10.3. The van der Waals surface area contributed by atoms with Crippen LogP contribution in [0.1, 0.15) is 21.9 Å². The minimum Gasteiger partial charge on any atom is -0.343 e. The van der Waals surface area contributed by atoms with E-state index in [9.17, 15) is 9.59 Å². The van der Waals surface area contributed by atoms with E-state index >= 15 is 0 Å². The van der Waals surface area contributed by atoms with Crippen molar-refractivity contribution in [2.45, 2.75) is 13.1 Å². The molecule has 0 saturated carbocycles. The summed E-state index contributed by atoms with van der Waals surface area (Å²) < 4.78 is 3.63. The third kappa shape index (κ3) is 3.54. The molecular formula is C25H21N5O2. The van der Waals surface area contributed by atoms with Crippen molar-refractivity contribution in [3.63, 3.8) is 0 Å². The van der Waals surface area contributed by atoms with Crippen molar-refractivity contribution in [3.05, 3.63) is 106 Å². The van der Waals surface area contributed by atoms with Crippen LogP contribution in [0, 0.1) is 0 Å². The molecule has 5 rings (SSSR count). The van der Waals surface area contributed by atoms with E-state index in [4.69, 9.17) is 4.98 Å². The first kappa shape index (κ1) is 19.7. The van der Waals surface area contributed by atoms with Gasteiger partial charge in [-0.25, -0.2) is 4.98 Å². The molecule has 2 aromatic heterocycles. The van der Waals surface area contributed by atoms with E-state index in [-0.39, 0.29) is 17.7 Å². The Labute approximate surface area is 183 Å². The van der Waals surface area contributed by atoms with E-state index in [1.165, 1.54) is 0 Å². The Hall–Kier alpha value is -4.26. The first-order valence-electron chi connectivity index (χ1n) is 10.3. The predicted octanol–water partition coefficient (Wildman–Crippen LogP) is 3.26. The summed E-state index contributed by atoms with van der Waals surface area (Å²) in [5.41, 5.74) is 3.14. The minimum absolute atomic E-state index is 0.128. The standard InChI is InChI=1S/C25H21N5O2/c1-29-20-13-7-5-11-18(20)24(31)23(28-29)25(32)26-15-22-27-19-12-6-8-14-21(19)30(22)16-17-9-3-2-4-10-17/h2-14H,15-16H2,1H3,(H,26,32). The number of carbonyl (C=O) groups is 1. The average molecular weight is 423 g/mol. The number of hydrogen-bond acceptors (Lipinski definition) is 4. The van der Waals surface area contributed by atoms with Gasteiger partial charge in [0, 0.05) is 19.0 Å². The highest BCUT2D eigenvalue weighted by Crippen LogP contribution is 2.18. The quantitative estimate of drug-likeness (QED) is 0.470. The Kier molecular flexibility index (Phi) is 4.99. The molecule has 3 aromatic carbocycles. The topological polar surface area (TPSA) is 81.8 Å². The van der Waals surface area contributed by atoms with Crippen LogP contribution in [-0.4, -0.2) is 25.2 Å². The lowest BCUT2D eigenvalue weighted by molar-refractivity contribution is 0.0941. The summed E-state index contributed by atoms with van der Waals surface area (Å²) in [6.07, 6.45) is 0. The van der Waals surface area contributed by atoms with Crippen LogP contribution in [0.15, 0.2) is 83.7 Å². The highest BCUT2D eigenvalue weighted by molar-refractivity contribution is 5.95. The minimum atomic E-state index is -0.519. The van der Waals surface area contributed by atoms with Gasteiger partial charge < -0.3 is 9.88 Å². The molecule has 0 bridgehead atoms. The lowest BCUT2D eigenvalue weighted by Crippen LogP contribution is -2.32. The molecule has 2 heterocycles. The molecule has 0 aliphatic heterocycles. The Morgan fingerprint density at radius 1 is 0.906 bits per heavy atom. The van der Waals surface area contributed by atoms with Gasteiger partial charge in [-0.3, -0.25) is 14.3 Å². The molecule has 0 unspecified atom stereocenters. The van der Waals surface area contributed by atoms with Crippen molar-refractivity contribution in [1.29, 1.82) is 0 Å². The van der Waals surface area contributed by atoms with Crippen LogP contribution in [0.4, 0.5) is 0 Å².